The van der Waals surface area contributed by atoms with E-state index in [1.54, 1.807) is 0 Å². The Labute approximate surface area is 72.5 Å². The molecule has 1 fully saturated rings. The molecule has 1 saturated heterocycles. The first-order valence-electron chi connectivity index (χ1n) is 3.42. The molecular formula is C6H9F3O4. The topological polar surface area (TPSA) is 36.9 Å². The van der Waals surface area contributed by atoms with Crippen molar-refractivity contribution in [1.29, 1.82) is 0 Å². The van der Waals surface area contributed by atoms with Gasteiger partial charge in [-0.3, -0.25) is 4.74 Å². The van der Waals surface area contributed by atoms with Crippen LogP contribution in [0.1, 0.15) is 0 Å². The summed E-state index contributed by atoms with van der Waals surface area (Å²) in [5.74, 6) is 0. The van der Waals surface area contributed by atoms with E-state index in [0.717, 1.165) is 14.2 Å². The maximum Gasteiger partial charge on any atom is 0.417 e. The quantitative estimate of drug-likeness (QED) is 0.622. The van der Waals surface area contributed by atoms with Gasteiger partial charge in [-0.1, -0.05) is 0 Å². The van der Waals surface area contributed by atoms with Crippen LogP contribution >= 0.6 is 0 Å². The lowest BCUT2D eigenvalue weighted by atomic mass is 10.4. The zero-order valence-electron chi connectivity index (χ0n) is 7.05. The second-order valence-corrected chi connectivity index (χ2v) is 2.37. The van der Waals surface area contributed by atoms with Crippen LogP contribution in [0.2, 0.25) is 0 Å². The molecule has 0 bridgehead atoms. The molecule has 1 atom stereocenters. The van der Waals surface area contributed by atoms with Crippen LogP contribution in [0.3, 0.4) is 0 Å². The Morgan fingerprint density at radius 1 is 1.31 bits per heavy atom. The van der Waals surface area contributed by atoms with Gasteiger partial charge in [0.15, 0.2) is 6.10 Å². The van der Waals surface area contributed by atoms with Gasteiger partial charge in [0.05, 0.1) is 6.61 Å². The molecule has 0 N–H and O–H groups in total. The normalized spacial score (nSPS) is 27.9. The highest BCUT2D eigenvalue weighted by Crippen LogP contribution is 2.34. The van der Waals surface area contributed by atoms with Gasteiger partial charge in [-0.15, -0.1) is 0 Å². The second-order valence-electron chi connectivity index (χ2n) is 2.37. The van der Waals surface area contributed by atoms with E-state index < -0.39 is 25.0 Å². The maximum absolute atomic E-state index is 12.1. The van der Waals surface area contributed by atoms with Crippen LogP contribution in [0.5, 0.6) is 0 Å². The Morgan fingerprint density at radius 2 is 1.85 bits per heavy atom. The van der Waals surface area contributed by atoms with Gasteiger partial charge in [0.25, 0.3) is 0 Å². The molecule has 7 heteroatoms. The van der Waals surface area contributed by atoms with Gasteiger partial charge < -0.3 is 14.2 Å². The minimum absolute atomic E-state index is 0.634. The van der Waals surface area contributed by atoms with E-state index >= 15 is 0 Å². The molecule has 1 rings (SSSR count). The molecule has 1 heterocycles. The summed E-state index contributed by atoms with van der Waals surface area (Å²) in [4.78, 5) is 0. The summed E-state index contributed by atoms with van der Waals surface area (Å²) in [6.45, 7) is -0.634. The SMILES string of the molecule is COC1(OC)OCC(C(F)(F)F)O1. The monoisotopic (exact) mass is 202 g/mol. The van der Waals surface area contributed by atoms with Crippen molar-refractivity contribution < 1.29 is 32.1 Å². The Kier molecular flexibility index (Phi) is 2.81. The molecule has 0 amide bonds. The third-order valence-electron chi connectivity index (χ3n) is 1.56. The largest absolute Gasteiger partial charge is 0.417 e. The number of halogens is 3. The summed E-state index contributed by atoms with van der Waals surface area (Å²) in [5.41, 5.74) is 0. The fourth-order valence-electron chi connectivity index (χ4n) is 0.879. The van der Waals surface area contributed by atoms with E-state index in [2.05, 4.69) is 18.9 Å². The van der Waals surface area contributed by atoms with Crippen LogP contribution in [0.25, 0.3) is 0 Å². The predicted octanol–water partition coefficient (Wildman–Crippen LogP) is 0.868. The molecule has 0 aromatic carbocycles. The Morgan fingerprint density at radius 3 is 2.08 bits per heavy atom. The first-order chi connectivity index (χ1) is 5.93. The maximum atomic E-state index is 12.1. The summed E-state index contributed by atoms with van der Waals surface area (Å²) in [6, 6.07) is 0. The third kappa shape index (κ3) is 2.11. The fraction of sp³-hybridized carbons (Fsp3) is 1.00. The van der Waals surface area contributed by atoms with Crippen molar-refractivity contribution >= 4 is 0 Å². The van der Waals surface area contributed by atoms with E-state index in [-0.39, 0.29) is 0 Å². The number of ether oxygens (including phenoxy) is 4. The van der Waals surface area contributed by atoms with Crippen LogP contribution in [0.15, 0.2) is 0 Å². The number of methoxy groups -OCH3 is 2. The van der Waals surface area contributed by atoms with Crippen molar-refractivity contribution in [1.82, 2.24) is 0 Å². The van der Waals surface area contributed by atoms with Gasteiger partial charge in [-0.2, -0.15) is 13.2 Å². The lowest BCUT2D eigenvalue weighted by Gasteiger charge is -2.23. The third-order valence-corrected chi connectivity index (χ3v) is 1.56. The first-order valence-corrected chi connectivity index (χ1v) is 3.42. The van der Waals surface area contributed by atoms with Gasteiger partial charge >= 0.3 is 12.3 Å². The number of rotatable bonds is 2. The van der Waals surface area contributed by atoms with E-state index in [1.165, 1.54) is 0 Å². The van der Waals surface area contributed by atoms with Gasteiger partial charge in [0.2, 0.25) is 0 Å². The minimum atomic E-state index is -4.47. The average Bonchev–Trinajstić information content (AvgIpc) is 2.48. The molecule has 0 aliphatic carbocycles. The standard InChI is InChI=1S/C6H9F3O4/c1-10-6(11-2)12-3-4(13-6)5(7,8)9/h4H,3H2,1-2H3. The lowest BCUT2D eigenvalue weighted by molar-refractivity contribution is -0.459. The Bertz CT molecular complexity index is 177. The van der Waals surface area contributed by atoms with Crippen LogP contribution in [-0.2, 0) is 18.9 Å². The predicted molar refractivity (Wildman–Crippen MR) is 33.6 cm³/mol. The van der Waals surface area contributed by atoms with Gasteiger partial charge in [-0.05, 0) is 0 Å². The minimum Gasteiger partial charge on any atom is -0.307 e. The molecule has 1 unspecified atom stereocenters. The lowest BCUT2D eigenvalue weighted by Crippen LogP contribution is -2.38. The molecule has 0 radical (unpaired) electrons. The number of hydrogen-bond donors (Lipinski definition) is 0. The van der Waals surface area contributed by atoms with E-state index in [0.29, 0.717) is 0 Å². The van der Waals surface area contributed by atoms with Crippen molar-refractivity contribution in [3.05, 3.63) is 0 Å². The smallest absolute Gasteiger partial charge is 0.307 e. The highest BCUT2D eigenvalue weighted by atomic mass is 19.4. The van der Waals surface area contributed by atoms with Crippen molar-refractivity contribution in [3.8, 4) is 0 Å². The number of alkyl halides is 3. The molecule has 0 aromatic heterocycles. The van der Waals surface area contributed by atoms with Crippen molar-refractivity contribution in [2.24, 2.45) is 0 Å². The van der Waals surface area contributed by atoms with E-state index in [9.17, 15) is 13.2 Å². The van der Waals surface area contributed by atoms with Crippen LogP contribution in [-0.4, -0.2) is 39.3 Å². The molecule has 0 spiro atoms. The molecule has 1 aliphatic rings. The number of hydrogen-bond acceptors (Lipinski definition) is 4. The molecule has 78 valence electrons. The van der Waals surface area contributed by atoms with Gasteiger partial charge in [0.1, 0.15) is 0 Å². The summed E-state index contributed by atoms with van der Waals surface area (Å²) in [7, 11) is 2.25. The van der Waals surface area contributed by atoms with Crippen LogP contribution in [0, 0.1) is 0 Å². The van der Waals surface area contributed by atoms with Crippen molar-refractivity contribution in [2.75, 3.05) is 20.8 Å². The summed E-state index contributed by atoms with van der Waals surface area (Å²) in [6.07, 6.45) is -8.49. The Balaban J connectivity index is 2.62. The molecule has 0 saturated carbocycles. The molecular weight excluding hydrogens is 193 g/mol. The molecule has 1 aliphatic heterocycles. The summed E-state index contributed by atoms with van der Waals surface area (Å²) >= 11 is 0. The molecule has 0 aromatic rings. The van der Waals surface area contributed by atoms with Crippen LogP contribution in [0.4, 0.5) is 13.2 Å². The van der Waals surface area contributed by atoms with E-state index in [4.69, 9.17) is 0 Å². The van der Waals surface area contributed by atoms with Gasteiger partial charge in [0, 0.05) is 14.2 Å². The van der Waals surface area contributed by atoms with Crippen LogP contribution < -0.4 is 0 Å². The Hall–Kier alpha value is -0.370. The highest BCUT2D eigenvalue weighted by molar-refractivity contribution is 4.72. The molecule has 13 heavy (non-hydrogen) atoms. The highest BCUT2D eigenvalue weighted by Gasteiger charge is 2.54. The van der Waals surface area contributed by atoms with Crippen molar-refractivity contribution in [3.63, 3.8) is 0 Å². The zero-order chi connectivity index (χ0) is 10.1. The molecule has 4 nitrogen and oxygen atoms in total. The zero-order valence-corrected chi connectivity index (χ0v) is 7.05. The second kappa shape index (κ2) is 3.41. The summed E-state index contributed by atoms with van der Waals surface area (Å²) in [5, 5.41) is 0. The average molecular weight is 202 g/mol. The van der Waals surface area contributed by atoms with Gasteiger partial charge in [-0.25, -0.2) is 0 Å². The van der Waals surface area contributed by atoms with Crippen molar-refractivity contribution in [2.45, 2.75) is 18.4 Å². The summed E-state index contributed by atoms with van der Waals surface area (Å²) < 4.78 is 54.2. The van der Waals surface area contributed by atoms with E-state index in [1.807, 2.05) is 0 Å². The fourth-order valence-corrected chi connectivity index (χ4v) is 0.879. The first kappa shape index (κ1) is 10.7.